The Morgan fingerprint density at radius 2 is 2.62 bits per heavy atom. The molecule has 0 unspecified atom stereocenters. The van der Waals surface area contributed by atoms with Crippen LogP contribution < -0.4 is 0 Å². The summed E-state index contributed by atoms with van der Waals surface area (Å²) in [6.07, 6.45) is 0.252. The average Bonchev–Trinajstić information content (AvgIpc) is 2.46. The highest BCUT2D eigenvalue weighted by Gasteiger charge is 2.18. The molecule has 4 nitrogen and oxygen atoms in total. The van der Waals surface area contributed by atoms with E-state index in [1.54, 1.807) is 11.6 Å². The monoisotopic (exact) mass is 196 g/mol. The molecule has 0 aliphatic heterocycles. The summed E-state index contributed by atoms with van der Waals surface area (Å²) < 4.78 is 0. The molecule has 13 heavy (non-hydrogen) atoms. The van der Waals surface area contributed by atoms with Crippen LogP contribution in [0.25, 0.3) is 0 Å². The van der Waals surface area contributed by atoms with Crippen molar-refractivity contribution in [2.45, 2.75) is 13.3 Å². The van der Waals surface area contributed by atoms with Gasteiger partial charge in [0.25, 0.3) is 0 Å². The average molecular weight is 196 g/mol. The molecule has 1 rings (SSSR count). The molecular formula is C8H8N2O2S. The van der Waals surface area contributed by atoms with Crippen molar-refractivity contribution in [1.29, 1.82) is 5.26 Å². The Hall–Kier alpha value is -1.41. The molecule has 0 bridgehead atoms. The predicted molar refractivity (Wildman–Crippen MR) is 47.3 cm³/mol. The maximum absolute atomic E-state index is 10.5. The van der Waals surface area contributed by atoms with Gasteiger partial charge in [-0.15, -0.1) is 11.3 Å². The van der Waals surface area contributed by atoms with E-state index in [1.165, 1.54) is 11.3 Å². The number of aromatic nitrogens is 1. The number of thiazole rings is 1. The Kier molecular flexibility index (Phi) is 2.98. The number of nitriles is 1. The molecule has 0 aromatic carbocycles. The van der Waals surface area contributed by atoms with E-state index in [-0.39, 0.29) is 6.42 Å². The van der Waals surface area contributed by atoms with Crippen LogP contribution in [0.4, 0.5) is 0 Å². The molecule has 5 heteroatoms. The summed E-state index contributed by atoms with van der Waals surface area (Å²) in [4.78, 5) is 15.4. The third kappa shape index (κ3) is 2.26. The number of rotatable bonds is 3. The first kappa shape index (κ1) is 9.68. The number of nitrogens with zero attached hydrogens (tertiary/aromatic N) is 2. The van der Waals surface area contributed by atoms with Gasteiger partial charge >= 0.3 is 5.97 Å². The van der Waals surface area contributed by atoms with E-state index < -0.39 is 11.9 Å². The molecule has 1 aromatic heterocycles. The van der Waals surface area contributed by atoms with Gasteiger partial charge in [-0.3, -0.25) is 4.79 Å². The number of hydrogen-bond donors (Lipinski definition) is 1. The topological polar surface area (TPSA) is 74.0 Å². The lowest BCUT2D eigenvalue weighted by atomic mass is 10.1. The van der Waals surface area contributed by atoms with Crippen molar-refractivity contribution in [3.63, 3.8) is 0 Å². The summed E-state index contributed by atoms with van der Waals surface area (Å²) in [6, 6.07) is 1.75. The number of aryl methyl sites for hydroxylation is 1. The van der Waals surface area contributed by atoms with E-state index in [0.29, 0.717) is 0 Å². The van der Waals surface area contributed by atoms with Gasteiger partial charge in [-0.2, -0.15) is 5.26 Å². The molecule has 0 saturated carbocycles. The van der Waals surface area contributed by atoms with Crippen molar-refractivity contribution in [3.05, 3.63) is 16.1 Å². The van der Waals surface area contributed by atoms with Gasteiger partial charge < -0.3 is 5.11 Å². The number of hydrogen-bond acceptors (Lipinski definition) is 4. The highest BCUT2D eigenvalue weighted by Crippen LogP contribution is 2.16. The van der Waals surface area contributed by atoms with Crippen molar-refractivity contribution in [3.8, 4) is 6.07 Å². The molecule has 0 amide bonds. The molecule has 1 heterocycles. The van der Waals surface area contributed by atoms with E-state index in [4.69, 9.17) is 10.4 Å². The van der Waals surface area contributed by atoms with Crippen molar-refractivity contribution in [2.24, 2.45) is 5.92 Å². The van der Waals surface area contributed by atoms with Gasteiger partial charge in [-0.25, -0.2) is 4.98 Å². The van der Waals surface area contributed by atoms with Crippen molar-refractivity contribution in [1.82, 2.24) is 4.98 Å². The van der Waals surface area contributed by atoms with Gasteiger partial charge in [0.05, 0.1) is 17.3 Å². The maximum Gasteiger partial charge on any atom is 0.321 e. The van der Waals surface area contributed by atoms with Crippen LogP contribution in [0.5, 0.6) is 0 Å². The fourth-order valence-electron chi connectivity index (χ4n) is 0.896. The van der Waals surface area contributed by atoms with Gasteiger partial charge in [0.15, 0.2) is 0 Å². The summed E-state index contributed by atoms with van der Waals surface area (Å²) in [5, 5.41) is 17.2. The maximum atomic E-state index is 10.5. The van der Waals surface area contributed by atoms with Crippen LogP contribution in [0.1, 0.15) is 10.6 Å². The second kappa shape index (κ2) is 4.01. The number of aliphatic carboxylic acids is 1. The van der Waals surface area contributed by atoms with Gasteiger partial charge in [-0.1, -0.05) is 0 Å². The molecule has 68 valence electrons. The molecule has 0 radical (unpaired) electrons. The Morgan fingerprint density at radius 1 is 1.92 bits per heavy atom. The van der Waals surface area contributed by atoms with Gasteiger partial charge in [0, 0.05) is 11.3 Å². The molecule has 0 spiro atoms. The lowest BCUT2D eigenvalue weighted by Crippen LogP contribution is -2.13. The lowest BCUT2D eigenvalue weighted by Gasteiger charge is -2.00. The molecule has 1 atom stereocenters. The smallest absolute Gasteiger partial charge is 0.321 e. The zero-order valence-electron chi connectivity index (χ0n) is 7.02. The van der Waals surface area contributed by atoms with E-state index in [0.717, 1.165) is 10.6 Å². The zero-order valence-corrected chi connectivity index (χ0v) is 7.84. The Labute approximate surface area is 79.5 Å². The first-order valence-electron chi connectivity index (χ1n) is 3.66. The third-order valence-electron chi connectivity index (χ3n) is 1.69. The second-order valence-electron chi connectivity index (χ2n) is 2.58. The van der Waals surface area contributed by atoms with Crippen LogP contribution in [-0.4, -0.2) is 16.1 Å². The van der Waals surface area contributed by atoms with Crippen molar-refractivity contribution in [2.75, 3.05) is 0 Å². The largest absolute Gasteiger partial charge is 0.480 e. The van der Waals surface area contributed by atoms with E-state index in [2.05, 4.69) is 4.98 Å². The third-order valence-corrected chi connectivity index (χ3v) is 2.65. The van der Waals surface area contributed by atoms with E-state index >= 15 is 0 Å². The SMILES string of the molecule is Cc1ncsc1C[C@H](C#N)C(=O)O. The number of carbonyl (C=O) groups is 1. The summed E-state index contributed by atoms with van der Waals surface area (Å²) >= 11 is 1.39. The summed E-state index contributed by atoms with van der Waals surface area (Å²) in [6.45, 7) is 1.81. The second-order valence-corrected chi connectivity index (χ2v) is 3.52. The van der Waals surface area contributed by atoms with E-state index in [1.807, 2.05) is 6.92 Å². The quantitative estimate of drug-likeness (QED) is 0.788. The van der Waals surface area contributed by atoms with Crippen LogP contribution >= 0.6 is 11.3 Å². The van der Waals surface area contributed by atoms with Gasteiger partial charge in [-0.05, 0) is 6.92 Å². The minimum atomic E-state index is -1.07. The van der Waals surface area contributed by atoms with Crippen LogP contribution in [0.2, 0.25) is 0 Å². The van der Waals surface area contributed by atoms with Crippen LogP contribution in [0.3, 0.4) is 0 Å². The minimum absolute atomic E-state index is 0.252. The molecule has 0 saturated heterocycles. The van der Waals surface area contributed by atoms with Crippen molar-refractivity contribution >= 4 is 17.3 Å². The number of carboxylic acid groups (broad SMARTS) is 1. The lowest BCUT2D eigenvalue weighted by molar-refractivity contribution is -0.139. The summed E-state index contributed by atoms with van der Waals surface area (Å²) in [5.74, 6) is -2.03. The summed E-state index contributed by atoms with van der Waals surface area (Å²) in [5.41, 5.74) is 2.47. The standard InChI is InChI=1S/C8H8N2O2S/c1-5-7(13-4-10-5)2-6(3-9)8(11)12/h4,6H,2H2,1H3,(H,11,12)/t6-/m1/s1. The molecule has 1 N–H and O–H groups in total. The zero-order chi connectivity index (χ0) is 9.84. The van der Waals surface area contributed by atoms with E-state index in [9.17, 15) is 4.79 Å². The highest BCUT2D eigenvalue weighted by molar-refractivity contribution is 7.09. The van der Waals surface area contributed by atoms with Crippen LogP contribution in [-0.2, 0) is 11.2 Å². The predicted octanol–water partition coefficient (Wildman–Crippen LogP) is 1.22. The fraction of sp³-hybridized carbons (Fsp3) is 0.375. The Morgan fingerprint density at radius 3 is 3.00 bits per heavy atom. The number of carboxylic acids is 1. The highest BCUT2D eigenvalue weighted by atomic mass is 32.1. The Balaban J connectivity index is 2.74. The first-order chi connectivity index (χ1) is 6.15. The van der Waals surface area contributed by atoms with Gasteiger partial charge in [0.2, 0.25) is 0 Å². The molecule has 1 aromatic rings. The minimum Gasteiger partial charge on any atom is -0.480 e. The Bertz CT molecular complexity index is 353. The molecule has 0 aliphatic carbocycles. The van der Waals surface area contributed by atoms with Crippen LogP contribution in [0.15, 0.2) is 5.51 Å². The van der Waals surface area contributed by atoms with Gasteiger partial charge in [0.1, 0.15) is 5.92 Å². The molecule has 0 fully saturated rings. The van der Waals surface area contributed by atoms with Crippen LogP contribution in [0, 0.1) is 24.2 Å². The van der Waals surface area contributed by atoms with Crippen molar-refractivity contribution < 1.29 is 9.90 Å². The first-order valence-corrected chi connectivity index (χ1v) is 4.54. The molecule has 0 aliphatic rings. The fourth-order valence-corrected chi connectivity index (χ4v) is 1.72. The summed E-state index contributed by atoms with van der Waals surface area (Å²) in [7, 11) is 0. The molecular weight excluding hydrogens is 188 g/mol. The normalized spacial score (nSPS) is 12.0.